The molecule has 9 heteroatoms. The minimum absolute atomic E-state index is 0. The number of nitrogens with zero attached hydrogens (tertiary/aromatic N) is 1. The maximum absolute atomic E-state index is 11.9. The topological polar surface area (TPSA) is 114 Å². The van der Waals surface area contributed by atoms with E-state index in [2.05, 4.69) is 15.2 Å². The Kier molecular flexibility index (Phi) is 11.5. The van der Waals surface area contributed by atoms with Gasteiger partial charge in [-0.15, -0.1) is 0 Å². The molecule has 0 amide bonds. The van der Waals surface area contributed by atoms with Crippen LogP contribution in [0.5, 0.6) is 0 Å². The molecule has 8 nitrogen and oxygen atoms in total. The molecule has 0 bridgehead atoms. The molecule has 1 aliphatic rings. The fourth-order valence-corrected chi connectivity index (χ4v) is 4.69. The summed E-state index contributed by atoms with van der Waals surface area (Å²) in [5, 5.41) is 19.0. The van der Waals surface area contributed by atoms with Crippen molar-refractivity contribution in [2.45, 2.75) is 31.8 Å². The van der Waals surface area contributed by atoms with Gasteiger partial charge in [-0.05, 0) is 42.0 Å². The summed E-state index contributed by atoms with van der Waals surface area (Å²) in [6, 6.07) is 25.3. The molecular formula is C31H31N2NaO6. The largest absolute Gasteiger partial charge is 1.00 e. The third kappa shape index (κ3) is 7.20. The molecular weight excluding hydrogens is 519 g/mol. The molecule has 0 atom stereocenters. The second kappa shape index (κ2) is 14.8. The molecule has 1 aliphatic heterocycles. The number of carboxylic acid groups (broad SMARTS) is 1. The number of hydrogen-bond acceptors (Lipinski definition) is 8. The maximum Gasteiger partial charge on any atom is 1.00 e. The van der Waals surface area contributed by atoms with Gasteiger partial charge in [-0.2, -0.15) is 0 Å². The number of anilines is 1. The molecule has 4 aromatic rings. The van der Waals surface area contributed by atoms with Gasteiger partial charge in [0.15, 0.2) is 5.76 Å². The van der Waals surface area contributed by atoms with Crippen molar-refractivity contribution in [2.75, 3.05) is 25.6 Å². The van der Waals surface area contributed by atoms with Crippen molar-refractivity contribution >= 4 is 18.1 Å². The van der Waals surface area contributed by atoms with Gasteiger partial charge in [0.05, 0.1) is 5.97 Å². The third-order valence-electron chi connectivity index (χ3n) is 6.93. The van der Waals surface area contributed by atoms with E-state index in [4.69, 9.17) is 9.26 Å². The fourth-order valence-electron chi connectivity index (χ4n) is 4.69. The summed E-state index contributed by atoms with van der Waals surface area (Å²) in [6.07, 6.45) is 0.877. The van der Waals surface area contributed by atoms with Gasteiger partial charge < -0.3 is 29.2 Å². The van der Waals surface area contributed by atoms with Gasteiger partial charge in [0, 0.05) is 31.2 Å². The van der Waals surface area contributed by atoms with Gasteiger partial charge in [-0.25, -0.2) is 0 Å². The number of rotatable bonds is 8. The Morgan fingerprint density at radius 2 is 1.55 bits per heavy atom. The number of aliphatic carboxylic acids is 1. The van der Waals surface area contributed by atoms with Crippen molar-refractivity contribution in [3.63, 3.8) is 0 Å². The number of carbonyl (C=O) groups is 2. The molecule has 1 aromatic heterocycles. The zero-order valence-electron chi connectivity index (χ0n) is 23.0. The smallest absolute Gasteiger partial charge is 0.549 e. The van der Waals surface area contributed by atoms with Crippen LogP contribution in [-0.4, -0.2) is 37.9 Å². The average Bonchev–Trinajstić information content (AvgIpc) is 3.37. The zero-order chi connectivity index (χ0) is 27.7. The van der Waals surface area contributed by atoms with Crippen LogP contribution in [0.3, 0.4) is 0 Å². The molecule has 202 valence electrons. The number of carbonyl (C=O) groups excluding carboxylic acids is 2. The van der Waals surface area contributed by atoms with Gasteiger partial charge in [0.1, 0.15) is 18.0 Å². The van der Waals surface area contributed by atoms with Crippen molar-refractivity contribution in [1.29, 1.82) is 0 Å². The van der Waals surface area contributed by atoms with E-state index in [0.717, 1.165) is 39.2 Å². The summed E-state index contributed by atoms with van der Waals surface area (Å²) in [5.74, 6) is -0.317. The van der Waals surface area contributed by atoms with E-state index in [1.54, 1.807) is 0 Å². The predicted octanol–water partition coefficient (Wildman–Crippen LogP) is 1.52. The number of carboxylic acids is 1. The Morgan fingerprint density at radius 3 is 2.10 bits per heavy atom. The minimum Gasteiger partial charge on any atom is -0.549 e. The first-order chi connectivity index (χ1) is 19.0. The molecule has 0 aliphatic carbocycles. The van der Waals surface area contributed by atoms with Gasteiger partial charge in [-0.3, -0.25) is 4.79 Å². The molecule has 0 radical (unpaired) electrons. The molecule has 1 N–H and O–H groups in total. The Morgan fingerprint density at radius 1 is 0.975 bits per heavy atom. The monoisotopic (exact) mass is 550 g/mol. The summed E-state index contributed by atoms with van der Waals surface area (Å²) < 4.78 is 15.3. The van der Waals surface area contributed by atoms with Gasteiger partial charge in [0.25, 0.3) is 6.47 Å². The SMILES string of the molecule is CNc1c(C)noc1-c1ccc(-c2ccc(C3(C(=O)[O-])CCOCC3)cc2)cc1.O=COCc1ccccc1.[Na+]. The Hall–Kier alpha value is -3.43. The molecule has 0 spiro atoms. The Bertz CT molecular complexity index is 1370. The predicted molar refractivity (Wildman–Crippen MR) is 146 cm³/mol. The molecule has 1 saturated heterocycles. The maximum atomic E-state index is 11.9. The summed E-state index contributed by atoms with van der Waals surface area (Å²) in [7, 11) is 1.84. The standard InChI is InChI=1S/C23H24N2O4.C8H8O2.Na/c1-15-20(24-2)21(29-25-15)18-5-3-16(4-6-18)17-7-9-19(10-8-17)23(22(26)27)11-13-28-14-12-23;9-7-10-6-8-4-2-1-3-5-8;/h3-10,24H,11-14H2,1-2H3,(H,26,27);1-5,7H,6H2;/q;;+1/p-1. The fraction of sp³-hybridized carbons (Fsp3) is 0.258. The number of aryl methyl sites for hydroxylation is 1. The minimum atomic E-state index is -1.03. The van der Waals surface area contributed by atoms with E-state index in [0.29, 0.717) is 44.9 Å². The van der Waals surface area contributed by atoms with E-state index in [-0.39, 0.29) is 29.6 Å². The first kappa shape index (κ1) is 31.1. The van der Waals surface area contributed by atoms with Crippen molar-refractivity contribution in [3.8, 4) is 22.5 Å². The summed E-state index contributed by atoms with van der Waals surface area (Å²) in [5.41, 5.74) is 5.51. The molecule has 0 unspecified atom stereocenters. The van der Waals surface area contributed by atoms with Crippen molar-refractivity contribution in [3.05, 3.63) is 95.7 Å². The number of benzene rings is 3. The molecule has 0 saturated carbocycles. The van der Waals surface area contributed by atoms with Crippen LogP contribution in [0, 0.1) is 6.92 Å². The summed E-state index contributed by atoms with van der Waals surface area (Å²) >= 11 is 0. The van der Waals surface area contributed by atoms with Crippen LogP contribution in [0.15, 0.2) is 83.4 Å². The van der Waals surface area contributed by atoms with E-state index in [1.165, 1.54) is 0 Å². The first-order valence-electron chi connectivity index (χ1n) is 12.7. The van der Waals surface area contributed by atoms with Crippen molar-refractivity contribution in [1.82, 2.24) is 5.16 Å². The second-order valence-corrected chi connectivity index (χ2v) is 9.25. The number of hydrogen-bond donors (Lipinski definition) is 1. The molecule has 1 fully saturated rings. The van der Waals surface area contributed by atoms with Crippen LogP contribution >= 0.6 is 0 Å². The number of nitrogens with one attached hydrogen (secondary N) is 1. The Balaban J connectivity index is 0.000000340. The molecule has 5 rings (SSSR count). The average molecular weight is 551 g/mol. The van der Waals surface area contributed by atoms with E-state index in [1.807, 2.05) is 92.8 Å². The summed E-state index contributed by atoms with van der Waals surface area (Å²) in [6.45, 7) is 3.59. The van der Waals surface area contributed by atoms with Crippen LogP contribution in [0.4, 0.5) is 5.69 Å². The van der Waals surface area contributed by atoms with Crippen LogP contribution in [0.1, 0.15) is 29.7 Å². The second-order valence-electron chi connectivity index (χ2n) is 9.25. The van der Waals surface area contributed by atoms with Crippen molar-refractivity contribution < 1.29 is 58.2 Å². The third-order valence-corrected chi connectivity index (χ3v) is 6.93. The molecule has 3 aromatic carbocycles. The van der Waals surface area contributed by atoms with Crippen LogP contribution < -0.4 is 40.0 Å². The van der Waals surface area contributed by atoms with Crippen LogP contribution in [0.2, 0.25) is 0 Å². The van der Waals surface area contributed by atoms with Gasteiger partial charge in [0.2, 0.25) is 0 Å². The van der Waals surface area contributed by atoms with Crippen LogP contribution in [0.25, 0.3) is 22.5 Å². The quantitative estimate of drug-likeness (QED) is 0.260. The first-order valence-corrected chi connectivity index (χ1v) is 12.7. The van der Waals surface area contributed by atoms with E-state index < -0.39 is 11.4 Å². The van der Waals surface area contributed by atoms with E-state index in [9.17, 15) is 14.7 Å². The molecule has 40 heavy (non-hydrogen) atoms. The van der Waals surface area contributed by atoms with E-state index >= 15 is 0 Å². The number of ether oxygens (including phenoxy) is 2. The Labute approximate surface area is 256 Å². The van der Waals surface area contributed by atoms with Crippen LogP contribution in [-0.2, 0) is 31.1 Å². The van der Waals surface area contributed by atoms with Gasteiger partial charge in [-0.1, -0.05) is 84.0 Å². The molecule has 2 heterocycles. The summed E-state index contributed by atoms with van der Waals surface area (Å²) in [4.78, 5) is 21.6. The normalized spacial score (nSPS) is 13.7. The van der Waals surface area contributed by atoms with Crippen molar-refractivity contribution in [2.24, 2.45) is 0 Å². The number of aromatic nitrogens is 1. The zero-order valence-corrected chi connectivity index (χ0v) is 25.0. The van der Waals surface area contributed by atoms with Gasteiger partial charge >= 0.3 is 29.6 Å².